The Kier molecular flexibility index (Phi) is 1.23. The standard InChI is InChI=1S/C5H3ClN2/c6-8-3-1-2-5(8)4-7/h1-3H. The van der Waals surface area contributed by atoms with Crippen molar-refractivity contribution in [2.24, 2.45) is 0 Å². The maximum Gasteiger partial charge on any atom is 0.135 e. The lowest BCUT2D eigenvalue weighted by molar-refractivity contribution is 1.21. The summed E-state index contributed by atoms with van der Waals surface area (Å²) in [6.07, 6.45) is 1.61. The Bertz CT molecular complexity index is 221. The van der Waals surface area contributed by atoms with Crippen molar-refractivity contribution in [1.82, 2.24) is 4.09 Å². The molecule has 0 radical (unpaired) electrons. The highest BCUT2D eigenvalue weighted by Crippen LogP contribution is 2.00. The van der Waals surface area contributed by atoms with Crippen LogP contribution in [0.2, 0.25) is 0 Å². The van der Waals surface area contributed by atoms with Gasteiger partial charge in [-0.1, -0.05) is 0 Å². The number of rotatable bonds is 0. The first-order valence-corrected chi connectivity index (χ1v) is 2.42. The van der Waals surface area contributed by atoms with Gasteiger partial charge in [0.1, 0.15) is 11.8 Å². The Morgan fingerprint density at radius 2 is 2.50 bits per heavy atom. The normalized spacial score (nSPS) is 8.50. The zero-order valence-corrected chi connectivity index (χ0v) is 4.76. The molecule has 0 N–H and O–H groups in total. The van der Waals surface area contributed by atoms with Crippen LogP contribution in [0.1, 0.15) is 5.69 Å². The predicted octanol–water partition coefficient (Wildman–Crippen LogP) is 1.36. The molecule has 2 nitrogen and oxygen atoms in total. The molecule has 8 heavy (non-hydrogen) atoms. The van der Waals surface area contributed by atoms with Crippen LogP contribution in [-0.2, 0) is 0 Å². The highest BCUT2D eigenvalue weighted by Gasteiger charge is 1.91. The van der Waals surface area contributed by atoms with Gasteiger partial charge in [-0.15, -0.1) is 0 Å². The summed E-state index contributed by atoms with van der Waals surface area (Å²) in [7, 11) is 0. The second-order valence-electron chi connectivity index (χ2n) is 1.32. The van der Waals surface area contributed by atoms with Gasteiger partial charge in [0.15, 0.2) is 0 Å². The van der Waals surface area contributed by atoms with Crippen molar-refractivity contribution in [3.63, 3.8) is 0 Å². The first kappa shape index (κ1) is 5.20. The van der Waals surface area contributed by atoms with Crippen LogP contribution in [-0.4, -0.2) is 4.09 Å². The molecule has 0 bridgehead atoms. The lowest BCUT2D eigenvalue weighted by Crippen LogP contribution is -1.78. The van der Waals surface area contributed by atoms with E-state index in [0.717, 1.165) is 0 Å². The molecule has 0 saturated heterocycles. The summed E-state index contributed by atoms with van der Waals surface area (Å²) in [5, 5.41) is 8.25. The quantitative estimate of drug-likeness (QED) is 0.516. The Balaban J connectivity index is 3.15. The molecule has 0 fully saturated rings. The van der Waals surface area contributed by atoms with Crippen LogP contribution in [0.5, 0.6) is 0 Å². The van der Waals surface area contributed by atoms with Gasteiger partial charge in [-0.25, -0.2) is 0 Å². The van der Waals surface area contributed by atoms with Crippen molar-refractivity contribution in [3.05, 3.63) is 24.0 Å². The second-order valence-corrected chi connectivity index (χ2v) is 1.68. The smallest absolute Gasteiger partial charge is 0.135 e. The van der Waals surface area contributed by atoms with E-state index in [2.05, 4.69) is 0 Å². The predicted molar refractivity (Wildman–Crippen MR) is 30.4 cm³/mol. The van der Waals surface area contributed by atoms with Gasteiger partial charge in [0.2, 0.25) is 0 Å². The third kappa shape index (κ3) is 0.682. The van der Waals surface area contributed by atoms with Crippen LogP contribution < -0.4 is 0 Å². The number of nitriles is 1. The minimum Gasteiger partial charge on any atom is -0.250 e. The number of aromatic nitrogens is 1. The average Bonchev–Trinajstić information content (AvgIpc) is 2.14. The maximum atomic E-state index is 8.25. The summed E-state index contributed by atoms with van der Waals surface area (Å²) in [5.41, 5.74) is 0.465. The Morgan fingerprint density at radius 1 is 1.75 bits per heavy atom. The summed E-state index contributed by atoms with van der Waals surface area (Å²) in [6.45, 7) is 0. The third-order valence-electron chi connectivity index (χ3n) is 0.816. The zero-order chi connectivity index (χ0) is 5.98. The molecule has 0 aliphatic rings. The second kappa shape index (κ2) is 1.89. The monoisotopic (exact) mass is 126 g/mol. The number of hydrogen-bond donors (Lipinski definition) is 0. The molecule has 1 aromatic heterocycles. The van der Waals surface area contributed by atoms with Crippen LogP contribution >= 0.6 is 11.8 Å². The van der Waals surface area contributed by atoms with Gasteiger partial charge in [-0.3, -0.25) is 4.09 Å². The van der Waals surface area contributed by atoms with Gasteiger partial charge < -0.3 is 0 Å². The minimum atomic E-state index is 0.465. The Morgan fingerprint density at radius 3 is 2.75 bits per heavy atom. The van der Waals surface area contributed by atoms with E-state index in [1.54, 1.807) is 18.3 Å². The molecular weight excluding hydrogens is 124 g/mol. The molecule has 0 spiro atoms. The molecule has 0 atom stereocenters. The fourth-order valence-corrected chi connectivity index (χ4v) is 0.605. The van der Waals surface area contributed by atoms with Gasteiger partial charge >= 0.3 is 0 Å². The zero-order valence-electron chi connectivity index (χ0n) is 4.00. The van der Waals surface area contributed by atoms with Crippen molar-refractivity contribution >= 4 is 11.8 Å². The van der Waals surface area contributed by atoms with Crippen molar-refractivity contribution in [2.45, 2.75) is 0 Å². The van der Waals surface area contributed by atoms with E-state index in [4.69, 9.17) is 17.0 Å². The fraction of sp³-hybridized carbons (Fsp3) is 0. The average molecular weight is 127 g/mol. The molecule has 0 unspecified atom stereocenters. The Hall–Kier alpha value is -0.940. The van der Waals surface area contributed by atoms with Crippen LogP contribution in [0.25, 0.3) is 0 Å². The first-order chi connectivity index (χ1) is 3.84. The van der Waals surface area contributed by atoms with E-state index in [-0.39, 0.29) is 0 Å². The molecule has 1 rings (SSSR count). The summed E-state index contributed by atoms with van der Waals surface area (Å²) < 4.78 is 1.25. The summed E-state index contributed by atoms with van der Waals surface area (Å²) in [4.78, 5) is 0. The van der Waals surface area contributed by atoms with Crippen LogP contribution in [0, 0.1) is 11.3 Å². The fourth-order valence-electron chi connectivity index (χ4n) is 0.446. The van der Waals surface area contributed by atoms with E-state index >= 15 is 0 Å². The molecular formula is C5H3ClN2. The van der Waals surface area contributed by atoms with Gasteiger partial charge in [0.05, 0.1) is 0 Å². The number of hydrogen-bond acceptors (Lipinski definition) is 1. The maximum absolute atomic E-state index is 8.25. The molecule has 40 valence electrons. The van der Waals surface area contributed by atoms with E-state index < -0.39 is 0 Å². The number of nitrogens with zero attached hydrogens (tertiary/aromatic N) is 2. The highest BCUT2D eigenvalue weighted by molar-refractivity contribution is 6.15. The molecule has 3 heteroatoms. The van der Waals surface area contributed by atoms with E-state index in [1.807, 2.05) is 6.07 Å². The van der Waals surface area contributed by atoms with Gasteiger partial charge in [-0.05, 0) is 12.1 Å². The minimum absolute atomic E-state index is 0.465. The highest BCUT2D eigenvalue weighted by atomic mass is 35.5. The number of halogens is 1. The molecule has 0 aromatic carbocycles. The van der Waals surface area contributed by atoms with Gasteiger partial charge in [0, 0.05) is 18.0 Å². The van der Waals surface area contributed by atoms with E-state index in [9.17, 15) is 0 Å². The molecule has 1 aromatic rings. The SMILES string of the molecule is N#Cc1cccn1Cl. The van der Waals surface area contributed by atoms with Crippen molar-refractivity contribution in [2.75, 3.05) is 0 Å². The largest absolute Gasteiger partial charge is 0.250 e. The first-order valence-electron chi connectivity index (χ1n) is 2.08. The molecule has 0 amide bonds. The Labute approximate surface area is 52.0 Å². The van der Waals surface area contributed by atoms with Gasteiger partial charge in [-0.2, -0.15) is 5.26 Å². The summed E-state index contributed by atoms with van der Waals surface area (Å²) in [6, 6.07) is 5.27. The lowest BCUT2D eigenvalue weighted by atomic mass is 10.5. The molecule has 0 saturated carbocycles. The van der Waals surface area contributed by atoms with Crippen LogP contribution in [0.4, 0.5) is 0 Å². The lowest BCUT2D eigenvalue weighted by Gasteiger charge is -1.82. The molecule has 0 aliphatic carbocycles. The van der Waals surface area contributed by atoms with Gasteiger partial charge in [0.25, 0.3) is 0 Å². The molecule has 1 heterocycles. The van der Waals surface area contributed by atoms with Crippen LogP contribution in [0.3, 0.4) is 0 Å². The molecule has 0 aliphatic heterocycles. The summed E-state index contributed by atoms with van der Waals surface area (Å²) >= 11 is 5.43. The van der Waals surface area contributed by atoms with Crippen LogP contribution in [0.15, 0.2) is 18.3 Å². The van der Waals surface area contributed by atoms with Crippen molar-refractivity contribution in [1.29, 1.82) is 5.26 Å². The topological polar surface area (TPSA) is 28.7 Å². The van der Waals surface area contributed by atoms with Crippen molar-refractivity contribution in [3.8, 4) is 6.07 Å². The third-order valence-corrected chi connectivity index (χ3v) is 1.11. The summed E-state index contributed by atoms with van der Waals surface area (Å²) in [5.74, 6) is 0. The van der Waals surface area contributed by atoms with E-state index in [1.165, 1.54) is 4.09 Å². The van der Waals surface area contributed by atoms with Crippen molar-refractivity contribution < 1.29 is 0 Å². The van der Waals surface area contributed by atoms with E-state index in [0.29, 0.717) is 5.69 Å².